The predicted octanol–water partition coefficient (Wildman–Crippen LogP) is 4.82. The molecule has 0 aliphatic carbocycles. The lowest BCUT2D eigenvalue weighted by molar-refractivity contribution is 0.275. The number of halogens is 2. The molecule has 21 heavy (non-hydrogen) atoms. The number of furan rings is 1. The van der Waals surface area contributed by atoms with E-state index in [0.717, 1.165) is 5.39 Å². The van der Waals surface area contributed by atoms with E-state index in [1.807, 2.05) is 18.2 Å². The number of para-hydroxylation sites is 1. The van der Waals surface area contributed by atoms with Crippen LogP contribution in [0.25, 0.3) is 11.0 Å². The average molecular weight is 322 g/mol. The summed E-state index contributed by atoms with van der Waals surface area (Å²) in [6, 6.07) is 14.2. The molecule has 5 heteroatoms. The van der Waals surface area contributed by atoms with Crippen molar-refractivity contribution in [3.8, 4) is 5.75 Å². The van der Waals surface area contributed by atoms with Crippen LogP contribution in [-0.2, 0) is 0 Å². The number of rotatable bonds is 4. The molecule has 108 valence electrons. The molecule has 1 atom stereocenters. The second-order valence-corrected chi connectivity index (χ2v) is 5.52. The SMILES string of the molecule is NC(COc1ccc(Cl)cc1)c1cc2cccc(Cl)c2o1. The van der Waals surface area contributed by atoms with Gasteiger partial charge < -0.3 is 14.9 Å². The minimum atomic E-state index is -0.371. The normalized spacial score (nSPS) is 12.5. The highest BCUT2D eigenvalue weighted by Gasteiger charge is 2.14. The quantitative estimate of drug-likeness (QED) is 0.749. The van der Waals surface area contributed by atoms with Crippen molar-refractivity contribution in [3.05, 3.63) is 64.3 Å². The molecule has 2 N–H and O–H groups in total. The lowest BCUT2D eigenvalue weighted by Gasteiger charge is -2.10. The molecule has 3 nitrogen and oxygen atoms in total. The van der Waals surface area contributed by atoms with E-state index in [4.69, 9.17) is 38.1 Å². The van der Waals surface area contributed by atoms with Crippen LogP contribution in [0.3, 0.4) is 0 Å². The largest absolute Gasteiger partial charge is 0.491 e. The van der Waals surface area contributed by atoms with Gasteiger partial charge in [-0.15, -0.1) is 0 Å². The zero-order chi connectivity index (χ0) is 14.8. The Bertz CT molecular complexity index is 753. The lowest BCUT2D eigenvalue weighted by atomic mass is 10.2. The van der Waals surface area contributed by atoms with E-state index < -0.39 is 0 Å². The second-order valence-electron chi connectivity index (χ2n) is 4.68. The first-order valence-electron chi connectivity index (χ1n) is 6.45. The summed E-state index contributed by atoms with van der Waals surface area (Å²) in [5.41, 5.74) is 6.75. The van der Waals surface area contributed by atoms with Gasteiger partial charge >= 0.3 is 0 Å². The summed E-state index contributed by atoms with van der Waals surface area (Å²) < 4.78 is 11.3. The number of hydrogen-bond donors (Lipinski definition) is 1. The van der Waals surface area contributed by atoms with E-state index in [2.05, 4.69) is 0 Å². The molecule has 0 spiro atoms. The van der Waals surface area contributed by atoms with Crippen molar-refractivity contribution in [2.75, 3.05) is 6.61 Å². The second kappa shape index (κ2) is 5.98. The third-order valence-electron chi connectivity index (χ3n) is 3.12. The van der Waals surface area contributed by atoms with Gasteiger partial charge in [-0.3, -0.25) is 0 Å². The van der Waals surface area contributed by atoms with Crippen LogP contribution in [0.15, 0.2) is 52.9 Å². The highest BCUT2D eigenvalue weighted by atomic mass is 35.5. The molecule has 0 radical (unpaired) electrons. The van der Waals surface area contributed by atoms with Gasteiger partial charge in [0.15, 0.2) is 5.58 Å². The van der Waals surface area contributed by atoms with Crippen LogP contribution in [-0.4, -0.2) is 6.61 Å². The summed E-state index contributed by atoms with van der Waals surface area (Å²) in [4.78, 5) is 0. The molecule has 0 saturated heterocycles. The topological polar surface area (TPSA) is 48.4 Å². The predicted molar refractivity (Wildman–Crippen MR) is 85.1 cm³/mol. The van der Waals surface area contributed by atoms with E-state index in [1.54, 1.807) is 30.3 Å². The molecule has 0 bridgehead atoms. The minimum absolute atomic E-state index is 0.305. The molecule has 0 amide bonds. The molecule has 2 aromatic carbocycles. The Morgan fingerprint density at radius 3 is 2.57 bits per heavy atom. The van der Waals surface area contributed by atoms with Gasteiger partial charge in [-0.25, -0.2) is 0 Å². The molecule has 0 aliphatic heterocycles. The molecular formula is C16H13Cl2NO2. The number of nitrogens with two attached hydrogens (primary N) is 1. The first kappa shape index (κ1) is 14.3. The standard InChI is InChI=1S/C16H13Cl2NO2/c17-11-4-6-12(7-5-11)20-9-14(19)15-8-10-2-1-3-13(18)16(10)21-15/h1-8,14H,9,19H2. The van der Waals surface area contributed by atoms with Crippen molar-refractivity contribution in [2.24, 2.45) is 5.73 Å². The molecule has 1 unspecified atom stereocenters. The van der Waals surface area contributed by atoms with Gasteiger partial charge in [-0.05, 0) is 36.4 Å². The Kier molecular flexibility index (Phi) is 4.06. The van der Waals surface area contributed by atoms with Gasteiger partial charge in [-0.2, -0.15) is 0 Å². The summed E-state index contributed by atoms with van der Waals surface area (Å²) in [6.07, 6.45) is 0. The summed E-state index contributed by atoms with van der Waals surface area (Å²) in [7, 11) is 0. The van der Waals surface area contributed by atoms with Gasteiger partial charge in [0.05, 0.1) is 11.1 Å². The highest BCUT2D eigenvalue weighted by molar-refractivity contribution is 6.34. The smallest absolute Gasteiger partial charge is 0.152 e. The van der Waals surface area contributed by atoms with Crippen LogP contribution >= 0.6 is 23.2 Å². The van der Waals surface area contributed by atoms with E-state index in [0.29, 0.717) is 33.7 Å². The number of hydrogen-bond acceptors (Lipinski definition) is 3. The van der Waals surface area contributed by atoms with Crippen molar-refractivity contribution in [1.29, 1.82) is 0 Å². The molecule has 0 fully saturated rings. The van der Waals surface area contributed by atoms with Crippen LogP contribution in [0.5, 0.6) is 5.75 Å². The summed E-state index contributed by atoms with van der Waals surface area (Å²) in [6.45, 7) is 0.305. The van der Waals surface area contributed by atoms with Gasteiger partial charge in [0.1, 0.15) is 18.1 Å². The van der Waals surface area contributed by atoms with Crippen LogP contribution in [0.2, 0.25) is 10.0 Å². The molecule has 3 rings (SSSR count). The third kappa shape index (κ3) is 3.16. The zero-order valence-corrected chi connectivity index (χ0v) is 12.6. The van der Waals surface area contributed by atoms with Crippen LogP contribution in [0.4, 0.5) is 0 Å². The van der Waals surface area contributed by atoms with Crippen molar-refractivity contribution >= 4 is 34.2 Å². The molecule has 1 heterocycles. The van der Waals surface area contributed by atoms with E-state index in [9.17, 15) is 0 Å². The Hall–Kier alpha value is -1.68. The molecule has 0 aliphatic rings. The Labute approximate surface area is 132 Å². The lowest BCUT2D eigenvalue weighted by Crippen LogP contribution is -2.18. The van der Waals surface area contributed by atoms with Gasteiger partial charge in [0, 0.05) is 10.4 Å². The summed E-state index contributed by atoms with van der Waals surface area (Å²) >= 11 is 11.9. The molecule has 3 aromatic rings. The Morgan fingerprint density at radius 2 is 1.86 bits per heavy atom. The van der Waals surface area contributed by atoms with Gasteiger partial charge in [-0.1, -0.05) is 35.3 Å². The highest BCUT2D eigenvalue weighted by Crippen LogP contribution is 2.29. The maximum absolute atomic E-state index is 6.10. The number of fused-ring (bicyclic) bond motifs is 1. The zero-order valence-electron chi connectivity index (χ0n) is 11.1. The van der Waals surface area contributed by atoms with E-state index in [-0.39, 0.29) is 6.04 Å². The third-order valence-corrected chi connectivity index (χ3v) is 3.67. The summed E-state index contributed by atoms with van der Waals surface area (Å²) in [5.74, 6) is 1.36. The fraction of sp³-hybridized carbons (Fsp3) is 0.125. The minimum Gasteiger partial charge on any atom is -0.491 e. The van der Waals surface area contributed by atoms with Crippen LogP contribution in [0.1, 0.15) is 11.8 Å². The van der Waals surface area contributed by atoms with Crippen LogP contribution in [0, 0.1) is 0 Å². The first-order valence-corrected chi connectivity index (χ1v) is 7.21. The van der Waals surface area contributed by atoms with Crippen molar-refractivity contribution in [1.82, 2.24) is 0 Å². The Balaban J connectivity index is 1.73. The average Bonchev–Trinajstić information content (AvgIpc) is 2.92. The molecule has 1 aromatic heterocycles. The first-order chi connectivity index (χ1) is 10.1. The van der Waals surface area contributed by atoms with Gasteiger partial charge in [0.2, 0.25) is 0 Å². The van der Waals surface area contributed by atoms with Crippen molar-refractivity contribution in [3.63, 3.8) is 0 Å². The monoisotopic (exact) mass is 321 g/mol. The maximum Gasteiger partial charge on any atom is 0.152 e. The maximum atomic E-state index is 6.10. The van der Waals surface area contributed by atoms with Crippen molar-refractivity contribution in [2.45, 2.75) is 6.04 Å². The Morgan fingerprint density at radius 1 is 1.10 bits per heavy atom. The van der Waals surface area contributed by atoms with E-state index >= 15 is 0 Å². The summed E-state index contributed by atoms with van der Waals surface area (Å²) in [5, 5.41) is 2.17. The fourth-order valence-corrected chi connectivity index (χ4v) is 2.38. The number of benzene rings is 2. The molecular weight excluding hydrogens is 309 g/mol. The van der Waals surface area contributed by atoms with E-state index in [1.165, 1.54) is 0 Å². The fourth-order valence-electron chi connectivity index (χ4n) is 2.03. The van der Waals surface area contributed by atoms with Gasteiger partial charge in [0.25, 0.3) is 0 Å². The number of ether oxygens (including phenoxy) is 1. The van der Waals surface area contributed by atoms with Crippen molar-refractivity contribution < 1.29 is 9.15 Å². The van der Waals surface area contributed by atoms with Crippen LogP contribution < -0.4 is 10.5 Å². The molecule has 0 saturated carbocycles.